The molecule has 17 heteroatoms. The second-order valence-electron chi connectivity index (χ2n) is 16.1. The highest BCUT2D eigenvalue weighted by Gasteiger charge is 2.54. The Morgan fingerprint density at radius 3 is 1.13 bits per heavy atom. The fourth-order valence-electron chi connectivity index (χ4n) is 7.68. The van der Waals surface area contributed by atoms with Gasteiger partial charge in [0.2, 0.25) is 10.1 Å². The molecule has 360 valence electrons. The Morgan fingerprint density at radius 1 is 0.449 bits per heavy atom. The third-order valence-electron chi connectivity index (χ3n) is 11.4. The smallest absolute Gasteiger partial charge is 0.338 e. The van der Waals surface area contributed by atoms with Crippen molar-refractivity contribution in [1.29, 1.82) is 0 Å². The van der Waals surface area contributed by atoms with Gasteiger partial charge in [-0.2, -0.15) is 0 Å². The molecule has 0 N–H and O–H groups in total. The van der Waals surface area contributed by atoms with Gasteiger partial charge in [-0.05, 0) is 60.7 Å². The van der Waals surface area contributed by atoms with Gasteiger partial charge in [0, 0.05) is 11.8 Å². The number of hydrogen-bond acceptors (Lipinski definition) is 14. The van der Waals surface area contributed by atoms with Crippen LogP contribution in [0, 0.1) is 11.8 Å². The maximum Gasteiger partial charge on any atom is 0.338 e. The molecule has 10 unspecified atom stereocenters. The summed E-state index contributed by atoms with van der Waals surface area (Å²) in [6, 6.07) is 40.8. The molecule has 0 spiro atoms. The molecule has 2 fully saturated rings. The number of esters is 5. The molecule has 69 heavy (non-hydrogen) atoms. The number of allylic oxidation sites excluding steroid dienone is 1. The monoisotopic (exact) mass is 1000 g/mol. The van der Waals surface area contributed by atoms with E-state index in [4.69, 9.17) is 77.4 Å². The number of ether oxygens (including phenoxy) is 9. The average Bonchev–Trinajstić information content (AvgIpc) is 3.37. The van der Waals surface area contributed by atoms with E-state index in [0.29, 0.717) is 0 Å². The molecule has 0 saturated carbocycles. The van der Waals surface area contributed by atoms with Crippen LogP contribution in [-0.2, 0) is 42.6 Å². The first kappa shape index (κ1) is 50.6. The summed E-state index contributed by atoms with van der Waals surface area (Å²) in [6.45, 7) is 6.10. The van der Waals surface area contributed by atoms with Crippen LogP contribution < -0.4 is 0 Å². The first-order valence-electron chi connectivity index (χ1n) is 21.8. The minimum atomic E-state index is -2.16. The molecule has 2 aliphatic rings. The summed E-state index contributed by atoms with van der Waals surface area (Å²) in [5, 5.41) is 0. The first-order valence-corrected chi connectivity index (χ1v) is 22.9. The van der Waals surface area contributed by atoms with Crippen LogP contribution in [0.25, 0.3) is 0 Å². The number of rotatable bonds is 16. The third-order valence-corrected chi connectivity index (χ3v) is 12.0. The molecule has 2 saturated heterocycles. The molecule has 2 aliphatic heterocycles. The van der Waals surface area contributed by atoms with Crippen molar-refractivity contribution in [1.82, 2.24) is 0 Å². The van der Waals surface area contributed by atoms with E-state index in [1.165, 1.54) is 0 Å². The van der Waals surface area contributed by atoms with Crippen molar-refractivity contribution in [2.45, 2.75) is 66.8 Å². The summed E-state index contributed by atoms with van der Waals surface area (Å²) in [7, 11) is 0. The van der Waals surface area contributed by atoms with Gasteiger partial charge in [0.05, 0.1) is 33.9 Å². The van der Waals surface area contributed by atoms with E-state index in [2.05, 4.69) is 6.58 Å². The van der Waals surface area contributed by atoms with Crippen molar-refractivity contribution in [3.05, 3.63) is 192 Å². The maximum absolute atomic E-state index is 14.0. The fraction of sp³-hybridized carbons (Fsp3) is 0.288. The zero-order valence-electron chi connectivity index (χ0n) is 37.2. The van der Waals surface area contributed by atoms with E-state index in [9.17, 15) is 24.0 Å². The van der Waals surface area contributed by atoms with Crippen molar-refractivity contribution in [2.75, 3.05) is 13.2 Å². The van der Waals surface area contributed by atoms with E-state index in [1.807, 2.05) is 0 Å². The van der Waals surface area contributed by atoms with Crippen molar-refractivity contribution in [3.63, 3.8) is 0 Å². The second kappa shape index (κ2) is 23.4. The maximum atomic E-state index is 14.0. The first-order chi connectivity index (χ1) is 33.2. The number of carbonyl (C=O) groups is 5. The second-order valence-corrected chi connectivity index (χ2v) is 18.4. The van der Waals surface area contributed by atoms with Gasteiger partial charge < -0.3 is 42.6 Å². The van der Waals surface area contributed by atoms with E-state index in [0.717, 1.165) is 0 Å². The highest BCUT2D eigenvalue weighted by molar-refractivity contribution is 6.69. The Morgan fingerprint density at radius 2 is 0.754 bits per heavy atom. The highest BCUT2D eigenvalue weighted by atomic mass is 35.6. The van der Waals surface area contributed by atoms with Gasteiger partial charge >= 0.3 is 29.8 Å². The third kappa shape index (κ3) is 13.1. The van der Waals surface area contributed by atoms with Crippen LogP contribution in [0.3, 0.4) is 0 Å². The zero-order valence-corrected chi connectivity index (χ0v) is 39.4. The summed E-state index contributed by atoms with van der Waals surface area (Å²) in [4.78, 5) is 68.3. The summed E-state index contributed by atoms with van der Waals surface area (Å²) < 4.78 is 53.8. The van der Waals surface area contributed by atoms with Crippen LogP contribution in [0.4, 0.5) is 0 Å². The van der Waals surface area contributed by atoms with Crippen LogP contribution in [-0.4, -0.2) is 96.1 Å². The predicted octanol–water partition coefficient (Wildman–Crippen LogP) is 9.38. The fourth-order valence-corrected chi connectivity index (χ4v) is 7.82. The van der Waals surface area contributed by atoms with Gasteiger partial charge in [-0.1, -0.05) is 146 Å². The van der Waals surface area contributed by atoms with Gasteiger partial charge in [0.1, 0.15) is 37.3 Å². The van der Waals surface area contributed by atoms with Crippen LogP contribution in [0.2, 0.25) is 0 Å². The molecule has 0 amide bonds. The Hall–Kier alpha value is -6.26. The molecule has 5 aromatic carbocycles. The molecule has 10 atom stereocenters. The van der Waals surface area contributed by atoms with Crippen molar-refractivity contribution >= 4 is 64.6 Å². The molecule has 14 nitrogen and oxygen atoms in total. The summed E-state index contributed by atoms with van der Waals surface area (Å²) in [5.41, 5.74) is 1.05. The molecular formula is C52H47Cl3O14. The van der Waals surface area contributed by atoms with E-state index in [1.54, 1.807) is 166 Å². The largest absolute Gasteiger partial charge is 0.461 e. The highest BCUT2D eigenvalue weighted by Crippen LogP contribution is 2.41. The lowest BCUT2D eigenvalue weighted by Crippen LogP contribution is -2.62. The molecule has 0 aliphatic carbocycles. The molecular weight excluding hydrogens is 955 g/mol. The van der Waals surface area contributed by atoms with Gasteiger partial charge in [-0.3, -0.25) is 0 Å². The van der Waals surface area contributed by atoms with Crippen LogP contribution in [0.1, 0.15) is 65.6 Å². The summed E-state index contributed by atoms with van der Waals surface area (Å²) in [5.74, 6) is -5.99. The van der Waals surface area contributed by atoms with E-state index < -0.39 is 108 Å². The Balaban J connectivity index is 1.27. The van der Waals surface area contributed by atoms with Gasteiger partial charge in [0.25, 0.3) is 0 Å². The van der Waals surface area contributed by atoms with E-state index in [-0.39, 0.29) is 33.6 Å². The van der Waals surface area contributed by atoms with Crippen molar-refractivity contribution in [2.24, 2.45) is 11.8 Å². The van der Waals surface area contributed by atoms with Crippen LogP contribution in [0.5, 0.6) is 0 Å². The van der Waals surface area contributed by atoms with Gasteiger partial charge in [0.15, 0.2) is 18.5 Å². The Kier molecular flexibility index (Phi) is 17.1. The molecule has 0 radical (unpaired) electrons. The minimum absolute atomic E-state index is 0.182. The Bertz CT molecular complexity index is 2530. The quantitative estimate of drug-likeness (QED) is 0.0397. The average molecular weight is 1000 g/mol. The lowest BCUT2D eigenvalue weighted by molar-refractivity contribution is -0.342. The number of hydrogen-bond donors (Lipinski definition) is 0. The summed E-state index contributed by atoms with van der Waals surface area (Å²) >= 11 is 18.5. The lowest BCUT2D eigenvalue weighted by atomic mass is 9.88. The molecule has 5 aromatic rings. The van der Waals surface area contributed by atoms with Gasteiger partial charge in [-0.25, -0.2) is 24.0 Å². The minimum Gasteiger partial charge on any atom is -0.461 e. The van der Waals surface area contributed by atoms with Crippen LogP contribution >= 0.6 is 34.8 Å². The number of carbonyl (C=O) groups excluding carboxylic acids is 5. The van der Waals surface area contributed by atoms with Crippen LogP contribution in [0.15, 0.2) is 164 Å². The van der Waals surface area contributed by atoms with Gasteiger partial charge in [-0.15, -0.1) is 0 Å². The zero-order chi connectivity index (χ0) is 49.1. The number of benzene rings is 5. The molecule has 0 aromatic heterocycles. The SMILES string of the molecule is C=C(OC1OC(COC(=O)c2ccccc2)C(OC2OC(COC(=O)c3ccccc3)C(OC(=O)c3ccccc3)C(C)C2OC(=O)c2ccccc2)C(C)C1OC(=O)c1ccccc1)C(Cl)(Cl)Cl. The molecule has 2 heterocycles. The molecule has 0 bridgehead atoms. The summed E-state index contributed by atoms with van der Waals surface area (Å²) in [6.07, 6.45) is -10.8. The normalized spacial score (nSPS) is 24.4. The predicted molar refractivity (Wildman–Crippen MR) is 251 cm³/mol. The number of alkyl halides is 3. The Labute approximate surface area is 413 Å². The topological polar surface area (TPSA) is 168 Å². The van der Waals surface area contributed by atoms with Crippen molar-refractivity contribution < 1.29 is 66.6 Å². The van der Waals surface area contributed by atoms with Crippen molar-refractivity contribution in [3.8, 4) is 0 Å². The number of halogens is 3. The standard InChI is InChI=1S/C52H47Cl3O14/c1-31-41(66-47(58)36-23-13-6-14-24-36)39(29-61-45(56)34-19-9-4-10-20-34)65-51(44(31)68-49(60)38-27-17-8-18-28-38)69-42-32(2)43(67-48(59)37-25-15-7-16-26-37)50(63-33(3)52(53,54)55)64-40(42)30-62-46(57)35-21-11-5-12-22-35/h4-28,31-32,39-44,50-51H,3,29-30H2,1-2H3. The molecule has 7 rings (SSSR count). The lowest BCUT2D eigenvalue weighted by Gasteiger charge is -2.49. The van der Waals surface area contributed by atoms with E-state index >= 15 is 0 Å².